The van der Waals surface area contributed by atoms with Crippen LogP contribution in [0.1, 0.15) is 13.3 Å². The lowest BCUT2D eigenvalue weighted by atomic mass is 10.1. The van der Waals surface area contributed by atoms with E-state index in [-0.39, 0.29) is 22.3 Å². The van der Waals surface area contributed by atoms with Gasteiger partial charge in [0.05, 0.1) is 5.52 Å². The smallest absolute Gasteiger partial charge is 0.373 e. The summed E-state index contributed by atoms with van der Waals surface area (Å²) in [5, 5.41) is 7.64. The number of hydrogen-bond donors (Lipinski definition) is 1. The van der Waals surface area contributed by atoms with E-state index in [1.165, 1.54) is 7.05 Å². The number of aryl methyl sites for hydroxylation is 1. The number of para-hydroxylation sites is 1. The number of hydrogen-bond acceptors (Lipinski definition) is 3. The first-order valence-corrected chi connectivity index (χ1v) is 7.64. The Bertz CT molecular complexity index is 956. The molecule has 0 bridgehead atoms. The van der Waals surface area contributed by atoms with E-state index in [2.05, 4.69) is 10.4 Å². The predicted molar refractivity (Wildman–Crippen MR) is 87.4 cm³/mol. The van der Waals surface area contributed by atoms with E-state index >= 15 is 0 Å². The lowest BCUT2D eigenvalue weighted by molar-refractivity contribution is -0.142. The summed E-state index contributed by atoms with van der Waals surface area (Å²) < 4.78 is 40.9. The van der Waals surface area contributed by atoms with Crippen molar-refractivity contribution in [3.63, 3.8) is 0 Å². The normalized spacial score (nSPS) is 12.2. The Hall–Kier alpha value is -2.51. The molecule has 0 aliphatic carbocycles. The largest absolute Gasteiger partial charge is 0.408 e. The molecule has 0 fully saturated rings. The quantitative estimate of drug-likeness (QED) is 0.794. The Balaban J connectivity index is 2.44. The molecule has 0 atom stereocenters. The molecule has 8 heteroatoms. The van der Waals surface area contributed by atoms with Crippen molar-refractivity contribution in [2.24, 2.45) is 0 Å². The van der Waals surface area contributed by atoms with Crippen molar-refractivity contribution in [1.82, 2.24) is 14.3 Å². The first-order valence-electron chi connectivity index (χ1n) is 7.64. The van der Waals surface area contributed by atoms with Gasteiger partial charge in [-0.25, -0.2) is 4.68 Å². The van der Waals surface area contributed by atoms with Gasteiger partial charge in [-0.05, 0) is 12.5 Å². The highest BCUT2D eigenvalue weighted by molar-refractivity contribution is 6.07. The van der Waals surface area contributed by atoms with E-state index in [4.69, 9.17) is 0 Å². The number of rotatable bonds is 4. The minimum Gasteiger partial charge on any atom is -0.373 e. The molecule has 3 aromatic rings. The zero-order valence-electron chi connectivity index (χ0n) is 13.3. The van der Waals surface area contributed by atoms with Gasteiger partial charge in [-0.2, -0.15) is 18.3 Å². The summed E-state index contributed by atoms with van der Waals surface area (Å²) in [6.45, 7) is 1.18. The first kappa shape index (κ1) is 16.4. The van der Waals surface area contributed by atoms with Crippen molar-refractivity contribution in [2.75, 3.05) is 12.4 Å². The van der Waals surface area contributed by atoms with Gasteiger partial charge in [-0.1, -0.05) is 25.1 Å². The minimum absolute atomic E-state index is 0.0860. The molecule has 3 rings (SSSR count). The zero-order chi connectivity index (χ0) is 17.5. The van der Waals surface area contributed by atoms with Crippen molar-refractivity contribution in [2.45, 2.75) is 32.6 Å². The van der Waals surface area contributed by atoms with Gasteiger partial charge < -0.3 is 9.88 Å². The van der Waals surface area contributed by atoms with Crippen molar-refractivity contribution in [3.8, 4) is 0 Å². The number of nitrogens with zero attached hydrogens (tertiary/aromatic N) is 3. The average Bonchev–Trinajstić information content (AvgIpc) is 2.88. The fourth-order valence-corrected chi connectivity index (χ4v) is 2.99. The van der Waals surface area contributed by atoms with Crippen LogP contribution < -0.4 is 10.9 Å². The highest BCUT2D eigenvalue weighted by Gasteiger charge is 2.31. The van der Waals surface area contributed by atoms with Crippen LogP contribution in [0.25, 0.3) is 21.8 Å². The summed E-state index contributed by atoms with van der Waals surface area (Å²) in [7, 11) is 1.49. The number of aromatic nitrogens is 3. The van der Waals surface area contributed by atoms with Crippen molar-refractivity contribution in [1.29, 1.82) is 0 Å². The van der Waals surface area contributed by atoms with E-state index in [1.807, 2.05) is 6.92 Å². The van der Waals surface area contributed by atoms with Crippen molar-refractivity contribution >= 4 is 27.6 Å². The van der Waals surface area contributed by atoms with E-state index in [1.54, 1.807) is 28.8 Å². The Labute approximate surface area is 135 Å². The van der Waals surface area contributed by atoms with Gasteiger partial charge in [-0.15, -0.1) is 0 Å². The summed E-state index contributed by atoms with van der Waals surface area (Å²) >= 11 is 0. The number of pyridine rings is 1. The number of nitrogens with one attached hydrogen (secondary N) is 1. The number of fused-ring (bicyclic) bond motifs is 3. The number of alkyl halides is 3. The fourth-order valence-electron chi connectivity index (χ4n) is 2.99. The standard InChI is InChI=1S/C16H17F3N4O/c1-3-8-22-11-7-5-4-6-10(11)13-12(15(22)24)14(20-2)23(21-13)9-16(17,18)19/h4-7,20H,3,8-9H2,1-2H3. The Kier molecular flexibility index (Phi) is 3.98. The Morgan fingerprint density at radius 2 is 1.96 bits per heavy atom. The van der Waals surface area contributed by atoms with Crippen LogP contribution in [-0.2, 0) is 13.1 Å². The van der Waals surface area contributed by atoms with Crippen LogP contribution in [0.5, 0.6) is 0 Å². The molecule has 0 saturated carbocycles. The van der Waals surface area contributed by atoms with Gasteiger partial charge >= 0.3 is 6.18 Å². The molecule has 0 amide bonds. The molecule has 2 aromatic heterocycles. The van der Waals surface area contributed by atoms with Gasteiger partial charge in [0.2, 0.25) is 0 Å². The minimum atomic E-state index is -4.42. The van der Waals surface area contributed by atoms with Crippen LogP contribution in [0.2, 0.25) is 0 Å². The van der Waals surface area contributed by atoms with Crippen LogP contribution in [0, 0.1) is 0 Å². The topological polar surface area (TPSA) is 51.9 Å². The second-order valence-corrected chi connectivity index (χ2v) is 5.57. The molecule has 5 nitrogen and oxygen atoms in total. The monoisotopic (exact) mass is 338 g/mol. The molecule has 0 radical (unpaired) electrons. The fraction of sp³-hybridized carbons (Fsp3) is 0.375. The predicted octanol–water partition coefficient (Wildman–Crippen LogP) is 3.37. The third-order valence-corrected chi connectivity index (χ3v) is 3.87. The molecule has 0 unspecified atom stereocenters. The SMILES string of the molecule is CCCn1c(=O)c2c(NC)n(CC(F)(F)F)nc2c2ccccc21. The average molecular weight is 338 g/mol. The molecule has 1 aromatic carbocycles. The highest BCUT2D eigenvalue weighted by atomic mass is 19.4. The Morgan fingerprint density at radius 1 is 1.25 bits per heavy atom. The molecule has 0 saturated heterocycles. The maximum atomic E-state index is 12.9. The second-order valence-electron chi connectivity index (χ2n) is 5.57. The molecular formula is C16H17F3N4O. The van der Waals surface area contributed by atoms with Gasteiger partial charge in [0.25, 0.3) is 5.56 Å². The molecule has 0 spiro atoms. The molecule has 0 aliphatic rings. The number of halogens is 3. The molecule has 0 aliphatic heterocycles. The summed E-state index contributed by atoms with van der Waals surface area (Å²) in [5.41, 5.74) is 0.635. The summed E-state index contributed by atoms with van der Waals surface area (Å²) in [5.74, 6) is 0.0860. The van der Waals surface area contributed by atoms with Gasteiger partial charge in [0.15, 0.2) is 0 Å². The third kappa shape index (κ3) is 2.61. The van der Waals surface area contributed by atoms with Crippen LogP contribution >= 0.6 is 0 Å². The maximum Gasteiger partial charge on any atom is 0.408 e. The summed E-state index contributed by atoms with van der Waals surface area (Å²) in [6.07, 6.45) is -3.69. The van der Waals surface area contributed by atoms with Gasteiger partial charge in [-0.3, -0.25) is 4.79 Å². The summed E-state index contributed by atoms with van der Waals surface area (Å²) in [6, 6.07) is 7.14. The lowest BCUT2D eigenvalue weighted by Gasteiger charge is -2.11. The zero-order valence-corrected chi connectivity index (χ0v) is 13.3. The molecular weight excluding hydrogens is 321 g/mol. The lowest BCUT2D eigenvalue weighted by Crippen LogP contribution is -2.22. The maximum absolute atomic E-state index is 12.9. The molecule has 2 heterocycles. The molecule has 24 heavy (non-hydrogen) atoms. The number of benzene rings is 1. The van der Waals surface area contributed by atoms with E-state index in [0.29, 0.717) is 17.4 Å². The van der Waals surface area contributed by atoms with Gasteiger partial charge in [0, 0.05) is 19.0 Å². The van der Waals surface area contributed by atoms with Crippen molar-refractivity contribution < 1.29 is 13.2 Å². The number of anilines is 1. The van der Waals surface area contributed by atoms with E-state index in [9.17, 15) is 18.0 Å². The van der Waals surface area contributed by atoms with E-state index < -0.39 is 12.7 Å². The van der Waals surface area contributed by atoms with Crippen molar-refractivity contribution in [3.05, 3.63) is 34.6 Å². The van der Waals surface area contributed by atoms with Crippen LogP contribution in [0.4, 0.5) is 19.0 Å². The Morgan fingerprint density at radius 3 is 2.58 bits per heavy atom. The van der Waals surface area contributed by atoms with E-state index in [0.717, 1.165) is 11.1 Å². The second kappa shape index (κ2) is 5.85. The first-order chi connectivity index (χ1) is 11.4. The molecule has 1 N–H and O–H groups in total. The molecule has 128 valence electrons. The van der Waals surface area contributed by atoms with Gasteiger partial charge in [0.1, 0.15) is 23.3 Å². The summed E-state index contributed by atoms with van der Waals surface area (Å²) in [4.78, 5) is 12.9. The third-order valence-electron chi connectivity index (χ3n) is 3.87. The van der Waals surface area contributed by atoms with Crippen LogP contribution in [0.3, 0.4) is 0 Å². The van der Waals surface area contributed by atoms with Crippen LogP contribution in [-0.4, -0.2) is 27.6 Å². The highest BCUT2D eigenvalue weighted by Crippen LogP contribution is 2.29. The van der Waals surface area contributed by atoms with Crippen LogP contribution in [0.15, 0.2) is 29.1 Å².